The van der Waals surface area contributed by atoms with Crippen LogP contribution in [-0.4, -0.2) is 39.6 Å². The van der Waals surface area contributed by atoms with Crippen molar-refractivity contribution in [3.05, 3.63) is 64.5 Å². The lowest BCUT2D eigenvalue weighted by atomic mass is 10.0. The predicted octanol–water partition coefficient (Wildman–Crippen LogP) is 1.56. The second-order valence-corrected chi connectivity index (χ2v) is 7.82. The van der Waals surface area contributed by atoms with Gasteiger partial charge in [-0.2, -0.15) is 8.78 Å². The lowest BCUT2D eigenvalue weighted by Crippen LogP contribution is -2.52. The van der Waals surface area contributed by atoms with Gasteiger partial charge in [0, 0.05) is 31.3 Å². The number of hydrogen-bond donors (Lipinski definition) is 2. The third kappa shape index (κ3) is 3.83. The molecular formula is C22H20F2N4O4. The Morgan fingerprint density at radius 1 is 1.28 bits per heavy atom. The van der Waals surface area contributed by atoms with Gasteiger partial charge in [0.2, 0.25) is 11.8 Å². The molecule has 3 heterocycles. The average Bonchev–Trinajstić information content (AvgIpc) is 3.07. The highest BCUT2D eigenvalue weighted by molar-refractivity contribution is 6.05. The van der Waals surface area contributed by atoms with Crippen molar-refractivity contribution in [2.75, 3.05) is 0 Å². The summed E-state index contributed by atoms with van der Waals surface area (Å²) in [4.78, 5) is 53.4. The number of nitrogens with zero attached hydrogens (tertiary/aromatic N) is 2. The molecule has 1 unspecified atom stereocenters. The Balaban J connectivity index is 1.44. The maximum atomic E-state index is 14.5. The Morgan fingerprint density at radius 2 is 2.06 bits per heavy atom. The first kappa shape index (κ1) is 21.5. The van der Waals surface area contributed by atoms with Crippen molar-refractivity contribution in [2.45, 2.75) is 44.8 Å². The number of amides is 4. The smallest absolute Gasteiger partial charge is 0.346 e. The predicted molar refractivity (Wildman–Crippen MR) is 107 cm³/mol. The first-order valence-corrected chi connectivity index (χ1v) is 10.0. The number of benzene rings is 1. The van der Waals surface area contributed by atoms with Crippen LogP contribution in [0.5, 0.6) is 0 Å². The fourth-order valence-electron chi connectivity index (χ4n) is 3.95. The molecule has 2 N–H and O–H groups in total. The molecule has 4 amide bonds. The van der Waals surface area contributed by atoms with E-state index in [-0.39, 0.29) is 43.3 Å². The number of carbonyl (C=O) groups is 4. The Labute approximate surface area is 182 Å². The number of rotatable bonds is 5. The minimum atomic E-state index is -3.79. The molecule has 10 heteroatoms. The summed E-state index contributed by atoms with van der Waals surface area (Å²) in [6.07, 6.45) is 1.60. The molecule has 0 spiro atoms. The average molecular weight is 442 g/mol. The number of hydrogen-bond acceptors (Lipinski definition) is 5. The van der Waals surface area contributed by atoms with Gasteiger partial charge in [0.1, 0.15) is 11.7 Å². The van der Waals surface area contributed by atoms with Crippen LogP contribution in [0.3, 0.4) is 0 Å². The van der Waals surface area contributed by atoms with Gasteiger partial charge in [0.25, 0.3) is 11.8 Å². The Kier molecular flexibility index (Phi) is 5.45. The summed E-state index contributed by atoms with van der Waals surface area (Å²) in [6, 6.07) is 6.98. The van der Waals surface area contributed by atoms with Crippen molar-refractivity contribution in [2.24, 2.45) is 0 Å². The monoisotopic (exact) mass is 442 g/mol. The van der Waals surface area contributed by atoms with Crippen LogP contribution < -0.4 is 10.6 Å². The zero-order valence-electron chi connectivity index (χ0n) is 17.2. The lowest BCUT2D eigenvalue weighted by Gasteiger charge is -2.29. The van der Waals surface area contributed by atoms with E-state index in [0.29, 0.717) is 16.7 Å². The minimum absolute atomic E-state index is 0.151. The molecule has 1 fully saturated rings. The molecule has 0 saturated carbocycles. The molecule has 2 aliphatic rings. The number of aryl methyl sites for hydroxylation is 1. The van der Waals surface area contributed by atoms with Crippen LogP contribution in [0.2, 0.25) is 0 Å². The van der Waals surface area contributed by atoms with E-state index >= 15 is 0 Å². The summed E-state index contributed by atoms with van der Waals surface area (Å²) in [5.74, 6) is -6.47. The van der Waals surface area contributed by atoms with Gasteiger partial charge < -0.3 is 10.2 Å². The molecule has 1 aromatic heterocycles. The SMILES string of the molecule is Cc1cccnc1C(F)(F)C(=O)NCc1ccc2c(c1)CN(C1CCC(=O)NC1=O)C2=O. The van der Waals surface area contributed by atoms with Crippen LogP contribution in [0.4, 0.5) is 8.78 Å². The molecule has 166 valence electrons. The van der Waals surface area contributed by atoms with Crippen molar-refractivity contribution in [3.63, 3.8) is 0 Å². The van der Waals surface area contributed by atoms with E-state index in [0.717, 1.165) is 0 Å². The maximum absolute atomic E-state index is 14.5. The van der Waals surface area contributed by atoms with Gasteiger partial charge in [-0.1, -0.05) is 18.2 Å². The number of pyridine rings is 1. The van der Waals surface area contributed by atoms with Crippen molar-refractivity contribution in [1.82, 2.24) is 20.5 Å². The molecule has 1 atom stereocenters. The first-order chi connectivity index (χ1) is 15.2. The molecule has 0 aliphatic carbocycles. The summed E-state index contributed by atoms with van der Waals surface area (Å²) in [5, 5.41) is 4.46. The number of alkyl halides is 2. The fraction of sp³-hybridized carbons (Fsp3) is 0.318. The number of fused-ring (bicyclic) bond motifs is 1. The molecular weight excluding hydrogens is 422 g/mol. The van der Waals surface area contributed by atoms with E-state index in [9.17, 15) is 28.0 Å². The van der Waals surface area contributed by atoms with Crippen LogP contribution in [-0.2, 0) is 33.4 Å². The summed E-state index contributed by atoms with van der Waals surface area (Å²) >= 11 is 0. The summed E-state index contributed by atoms with van der Waals surface area (Å²) in [7, 11) is 0. The summed E-state index contributed by atoms with van der Waals surface area (Å²) in [6.45, 7) is 1.45. The topological polar surface area (TPSA) is 108 Å². The fourth-order valence-corrected chi connectivity index (χ4v) is 3.95. The van der Waals surface area contributed by atoms with E-state index in [1.807, 2.05) is 0 Å². The summed E-state index contributed by atoms with van der Waals surface area (Å²) in [5.41, 5.74) is 1.16. The molecule has 0 radical (unpaired) electrons. The van der Waals surface area contributed by atoms with Gasteiger partial charge in [-0.3, -0.25) is 29.5 Å². The van der Waals surface area contributed by atoms with Crippen molar-refractivity contribution >= 4 is 23.6 Å². The normalized spacial score (nSPS) is 18.4. The zero-order chi connectivity index (χ0) is 23.0. The Bertz CT molecular complexity index is 1130. The second kappa shape index (κ2) is 8.10. The van der Waals surface area contributed by atoms with Crippen LogP contribution in [0.15, 0.2) is 36.5 Å². The minimum Gasteiger partial charge on any atom is -0.346 e. The highest BCUT2D eigenvalue weighted by Gasteiger charge is 2.43. The van der Waals surface area contributed by atoms with E-state index in [2.05, 4.69) is 15.6 Å². The van der Waals surface area contributed by atoms with Crippen LogP contribution in [0.25, 0.3) is 0 Å². The van der Waals surface area contributed by atoms with Gasteiger partial charge in [0.15, 0.2) is 0 Å². The molecule has 1 saturated heterocycles. The third-order valence-electron chi connectivity index (χ3n) is 5.63. The molecule has 4 rings (SSSR count). The van der Waals surface area contributed by atoms with Gasteiger partial charge >= 0.3 is 5.92 Å². The number of carbonyl (C=O) groups excluding carboxylic acids is 4. The number of halogens is 2. The van der Waals surface area contributed by atoms with Crippen LogP contribution >= 0.6 is 0 Å². The molecule has 2 aliphatic heterocycles. The maximum Gasteiger partial charge on any atom is 0.366 e. The van der Waals surface area contributed by atoms with Gasteiger partial charge in [-0.25, -0.2) is 0 Å². The van der Waals surface area contributed by atoms with Crippen molar-refractivity contribution in [3.8, 4) is 0 Å². The first-order valence-electron chi connectivity index (χ1n) is 10.0. The van der Waals surface area contributed by atoms with E-state index < -0.39 is 29.5 Å². The van der Waals surface area contributed by atoms with Crippen LogP contribution in [0, 0.1) is 6.92 Å². The van der Waals surface area contributed by atoms with Gasteiger partial charge in [-0.05, 0) is 42.2 Å². The lowest BCUT2D eigenvalue weighted by molar-refractivity contribution is -0.147. The highest BCUT2D eigenvalue weighted by Crippen LogP contribution is 2.30. The zero-order valence-corrected chi connectivity index (χ0v) is 17.2. The molecule has 0 bridgehead atoms. The van der Waals surface area contributed by atoms with Crippen molar-refractivity contribution < 1.29 is 28.0 Å². The highest BCUT2D eigenvalue weighted by atomic mass is 19.3. The Morgan fingerprint density at radius 3 is 2.78 bits per heavy atom. The van der Waals surface area contributed by atoms with E-state index in [1.54, 1.807) is 18.2 Å². The molecule has 2 aromatic rings. The van der Waals surface area contributed by atoms with Gasteiger partial charge in [0.05, 0.1) is 0 Å². The number of piperidine rings is 1. The number of aromatic nitrogens is 1. The number of imide groups is 1. The van der Waals surface area contributed by atoms with E-state index in [1.165, 1.54) is 30.2 Å². The van der Waals surface area contributed by atoms with Crippen molar-refractivity contribution in [1.29, 1.82) is 0 Å². The standard InChI is InChI=1S/C22H20F2N4O4/c1-12-3-2-8-25-18(12)22(23,24)21(32)26-10-13-4-5-15-14(9-13)11-28(20(15)31)16-6-7-17(29)27-19(16)30/h2-5,8-9,16H,6-7,10-11H2,1H3,(H,26,32)(H,27,29,30). The largest absolute Gasteiger partial charge is 0.366 e. The van der Waals surface area contributed by atoms with E-state index in [4.69, 9.17) is 0 Å². The number of nitrogens with one attached hydrogen (secondary N) is 2. The molecule has 1 aromatic carbocycles. The quantitative estimate of drug-likeness (QED) is 0.684. The second-order valence-electron chi connectivity index (χ2n) is 7.82. The van der Waals surface area contributed by atoms with Crippen LogP contribution in [0.1, 0.15) is 45.6 Å². The third-order valence-corrected chi connectivity index (χ3v) is 5.63. The molecule has 32 heavy (non-hydrogen) atoms. The van der Waals surface area contributed by atoms with Gasteiger partial charge in [-0.15, -0.1) is 0 Å². The molecule has 8 nitrogen and oxygen atoms in total. The Hall–Kier alpha value is -3.69. The summed E-state index contributed by atoms with van der Waals surface area (Å²) < 4.78 is 29.0.